The van der Waals surface area contributed by atoms with Crippen LogP contribution in [-0.4, -0.2) is 38.3 Å². The molecule has 2 aromatic rings. The predicted octanol–water partition coefficient (Wildman–Crippen LogP) is 2.65. The minimum atomic E-state index is -0.376. The van der Waals surface area contributed by atoms with Crippen LogP contribution >= 0.6 is 0 Å². The molecule has 1 aliphatic rings. The maximum Gasteiger partial charge on any atom is 0.292 e. The minimum absolute atomic E-state index is 0.0561. The molecule has 0 unspecified atom stereocenters. The summed E-state index contributed by atoms with van der Waals surface area (Å²) in [4.78, 5) is 15.1. The molecule has 0 aliphatic carbocycles. The fourth-order valence-corrected chi connectivity index (χ4v) is 3.10. The lowest BCUT2D eigenvalue weighted by atomic mass is 10.1. The average Bonchev–Trinajstić information content (AvgIpc) is 2.62. The normalized spacial score (nSPS) is 14.4. The van der Waals surface area contributed by atoms with Crippen molar-refractivity contribution in [2.45, 2.75) is 6.54 Å². The molecule has 0 spiro atoms. The quantitative estimate of drug-likeness (QED) is 0.511. The molecule has 1 aliphatic heterocycles. The van der Waals surface area contributed by atoms with Gasteiger partial charge in [-0.25, -0.2) is 0 Å². The van der Waals surface area contributed by atoms with E-state index < -0.39 is 0 Å². The molecule has 2 N–H and O–H groups in total. The lowest BCUT2D eigenvalue weighted by Crippen LogP contribution is -2.37. The molecule has 0 saturated carbocycles. The second-order valence-electron chi connectivity index (χ2n) is 6.09. The maximum absolute atomic E-state index is 11.3. The van der Waals surface area contributed by atoms with Crippen LogP contribution in [-0.2, 0) is 11.3 Å². The molecule has 3 rings (SSSR count). The number of ether oxygens (including phenoxy) is 1. The molecular weight excluding hydrogens is 320 g/mol. The Kier molecular flexibility index (Phi) is 5.04. The third-order valence-electron chi connectivity index (χ3n) is 4.36. The first-order valence-corrected chi connectivity index (χ1v) is 8.22. The summed E-state index contributed by atoms with van der Waals surface area (Å²) in [5, 5.41) is 11.3. The summed E-state index contributed by atoms with van der Waals surface area (Å²) in [5.74, 6) is 0. The van der Waals surface area contributed by atoms with Gasteiger partial charge < -0.3 is 20.3 Å². The average molecular weight is 342 g/mol. The van der Waals surface area contributed by atoms with Crippen molar-refractivity contribution in [3.8, 4) is 0 Å². The Morgan fingerprint density at radius 2 is 1.96 bits per heavy atom. The van der Waals surface area contributed by atoms with Gasteiger partial charge >= 0.3 is 0 Å². The van der Waals surface area contributed by atoms with Crippen LogP contribution in [0.5, 0.6) is 0 Å². The van der Waals surface area contributed by atoms with Crippen molar-refractivity contribution in [3.63, 3.8) is 0 Å². The van der Waals surface area contributed by atoms with Crippen molar-refractivity contribution in [1.82, 2.24) is 0 Å². The summed E-state index contributed by atoms with van der Waals surface area (Å²) in [5.41, 5.74) is 9.17. The van der Waals surface area contributed by atoms with Crippen LogP contribution in [0.15, 0.2) is 42.5 Å². The summed E-state index contributed by atoms with van der Waals surface area (Å²) in [6.07, 6.45) is 0. The molecule has 1 saturated heterocycles. The smallest absolute Gasteiger partial charge is 0.292 e. The number of anilines is 3. The number of nitro groups is 1. The largest absolute Gasteiger partial charge is 0.399 e. The second kappa shape index (κ2) is 7.40. The highest BCUT2D eigenvalue weighted by atomic mass is 16.6. The van der Waals surface area contributed by atoms with Gasteiger partial charge in [0.15, 0.2) is 0 Å². The molecule has 0 radical (unpaired) electrons. The van der Waals surface area contributed by atoms with E-state index in [0.717, 1.165) is 24.3 Å². The lowest BCUT2D eigenvalue weighted by molar-refractivity contribution is -0.384. The zero-order chi connectivity index (χ0) is 17.8. The zero-order valence-corrected chi connectivity index (χ0v) is 14.2. The maximum atomic E-state index is 11.3. The van der Waals surface area contributed by atoms with Crippen LogP contribution < -0.4 is 15.5 Å². The van der Waals surface area contributed by atoms with Gasteiger partial charge in [-0.2, -0.15) is 0 Å². The number of benzene rings is 2. The Balaban J connectivity index is 1.88. The van der Waals surface area contributed by atoms with Crippen LogP contribution in [0, 0.1) is 10.1 Å². The van der Waals surface area contributed by atoms with Gasteiger partial charge in [-0.1, -0.05) is 18.2 Å². The lowest BCUT2D eigenvalue weighted by Gasteiger charge is -2.31. The molecule has 2 aromatic carbocycles. The summed E-state index contributed by atoms with van der Waals surface area (Å²) in [6, 6.07) is 12.8. The number of rotatable bonds is 5. The van der Waals surface area contributed by atoms with Gasteiger partial charge in [-0.15, -0.1) is 0 Å². The van der Waals surface area contributed by atoms with E-state index >= 15 is 0 Å². The standard InChI is InChI=1S/C18H22N4O3/c1-20(18-12-15(19)6-7-17(18)22(23)24)13-14-4-2-3-5-16(14)21-8-10-25-11-9-21/h2-7,12H,8-11,13,19H2,1H3. The van der Waals surface area contributed by atoms with Crippen molar-refractivity contribution in [2.75, 3.05) is 48.9 Å². The van der Waals surface area contributed by atoms with E-state index in [-0.39, 0.29) is 10.6 Å². The molecule has 25 heavy (non-hydrogen) atoms. The minimum Gasteiger partial charge on any atom is -0.399 e. The fourth-order valence-electron chi connectivity index (χ4n) is 3.10. The first-order valence-electron chi connectivity index (χ1n) is 8.22. The summed E-state index contributed by atoms with van der Waals surface area (Å²) < 4.78 is 5.43. The van der Waals surface area contributed by atoms with E-state index in [1.54, 1.807) is 12.1 Å². The number of para-hydroxylation sites is 1. The van der Waals surface area contributed by atoms with E-state index in [9.17, 15) is 10.1 Å². The van der Waals surface area contributed by atoms with Crippen LogP contribution in [0.3, 0.4) is 0 Å². The topological polar surface area (TPSA) is 84.9 Å². The number of hydrogen-bond acceptors (Lipinski definition) is 6. The zero-order valence-electron chi connectivity index (χ0n) is 14.2. The van der Waals surface area contributed by atoms with Gasteiger partial charge in [0.25, 0.3) is 5.69 Å². The van der Waals surface area contributed by atoms with E-state index in [1.807, 2.05) is 24.1 Å². The number of nitrogens with zero attached hydrogens (tertiary/aromatic N) is 3. The summed E-state index contributed by atoms with van der Waals surface area (Å²) in [7, 11) is 1.85. The first-order chi connectivity index (χ1) is 12.1. The second-order valence-corrected chi connectivity index (χ2v) is 6.09. The Morgan fingerprint density at radius 1 is 1.24 bits per heavy atom. The van der Waals surface area contributed by atoms with Crippen LogP contribution in [0.1, 0.15) is 5.56 Å². The van der Waals surface area contributed by atoms with Crippen LogP contribution in [0.25, 0.3) is 0 Å². The molecule has 0 aromatic heterocycles. The van der Waals surface area contributed by atoms with Gasteiger partial charge in [-0.05, 0) is 23.8 Å². The van der Waals surface area contributed by atoms with E-state index in [2.05, 4.69) is 17.0 Å². The highest BCUT2D eigenvalue weighted by Crippen LogP contribution is 2.32. The molecule has 1 heterocycles. The molecule has 7 nitrogen and oxygen atoms in total. The number of nitrogen functional groups attached to an aromatic ring is 1. The Hall–Kier alpha value is -2.80. The SMILES string of the molecule is CN(Cc1ccccc1N1CCOCC1)c1cc(N)ccc1[N+](=O)[O-]. The number of nitrogens with two attached hydrogens (primary N) is 1. The van der Waals surface area contributed by atoms with Crippen molar-refractivity contribution < 1.29 is 9.66 Å². The van der Waals surface area contributed by atoms with Gasteiger partial charge in [0.1, 0.15) is 5.69 Å². The molecule has 0 atom stereocenters. The van der Waals surface area contributed by atoms with Gasteiger partial charge in [0, 0.05) is 44.1 Å². The number of morpholine rings is 1. The van der Waals surface area contributed by atoms with E-state index in [0.29, 0.717) is 31.1 Å². The molecule has 7 heteroatoms. The van der Waals surface area contributed by atoms with Gasteiger partial charge in [0.2, 0.25) is 0 Å². The molecule has 0 bridgehead atoms. The monoisotopic (exact) mass is 342 g/mol. The van der Waals surface area contributed by atoms with Gasteiger partial charge in [0.05, 0.1) is 18.1 Å². The number of nitro benzene ring substituents is 1. The Bertz CT molecular complexity index is 760. The number of hydrogen-bond donors (Lipinski definition) is 1. The van der Waals surface area contributed by atoms with Crippen LogP contribution in [0.4, 0.5) is 22.7 Å². The molecule has 1 fully saturated rings. The van der Waals surface area contributed by atoms with Crippen molar-refractivity contribution in [2.24, 2.45) is 0 Å². The Morgan fingerprint density at radius 3 is 2.68 bits per heavy atom. The third kappa shape index (κ3) is 3.83. The van der Waals surface area contributed by atoms with Gasteiger partial charge in [-0.3, -0.25) is 10.1 Å². The molecule has 0 amide bonds. The predicted molar refractivity (Wildman–Crippen MR) is 99.1 cm³/mol. The van der Waals surface area contributed by atoms with Crippen LogP contribution in [0.2, 0.25) is 0 Å². The third-order valence-corrected chi connectivity index (χ3v) is 4.36. The van der Waals surface area contributed by atoms with Crippen molar-refractivity contribution in [1.29, 1.82) is 0 Å². The van der Waals surface area contributed by atoms with Crippen molar-refractivity contribution in [3.05, 3.63) is 58.1 Å². The first kappa shape index (κ1) is 17.0. The highest BCUT2D eigenvalue weighted by Gasteiger charge is 2.20. The summed E-state index contributed by atoms with van der Waals surface area (Å²) in [6.45, 7) is 3.67. The van der Waals surface area contributed by atoms with Crippen molar-refractivity contribution >= 4 is 22.7 Å². The van der Waals surface area contributed by atoms with E-state index in [1.165, 1.54) is 6.07 Å². The summed E-state index contributed by atoms with van der Waals surface area (Å²) >= 11 is 0. The molecular formula is C18H22N4O3. The highest BCUT2D eigenvalue weighted by molar-refractivity contribution is 5.69. The fraction of sp³-hybridized carbons (Fsp3) is 0.333. The van der Waals surface area contributed by atoms with E-state index in [4.69, 9.17) is 10.5 Å². The Labute approximate surface area is 146 Å². The molecule has 132 valence electrons.